The topological polar surface area (TPSA) is 72.4 Å². The molecule has 0 unspecified atom stereocenters. The molecule has 3 rings (SSSR count). The molecule has 2 aromatic rings. The van der Waals surface area contributed by atoms with Crippen molar-refractivity contribution < 1.29 is 9.21 Å². The van der Waals surface area contributed by atoms with Gasteiger partial charge >= 0.3 is 0 Å². The summed E-state index contributed by atoms with van der Waals surface area (Å²) in [5, 5.41) is 0. The molecule has 104 valence electrons. The Kier molecular flexibility index (Phi) is 3.18. The van der Waals surface area contributed by atoms with E-state index in [2.05, 4.69) is 4.98 Å². The molecule has 0 radical (unpaired) electrons. The molecule has 0 atom stereocenters. The van der Waals surface area contributed by atoms with Gasteiger partial charge in [-0.25, -0.2) is 4.98 Å². The molecule has 0 fully saturated rings. The molecule has 1 aliphatic heterocycles. The molecule has 1 aromatic heterocycles. The van der Waals surface area contributed by atoms with Gasteiger partial charge in [0.25, 0.3) is 5.91 Å². The van der Waals surface area contributed by atoms with E-state index in [1.807, 2.05) is 25.1 Å². The summed E-state index contributed by atoms with van der Waals surface area (Å²) in [4.78, 5) is 18.5. The van der Waals surface area contributed by atoms with Crippen LogP contribution in [0.2, 0.25) is 0 Å². The number of oxazole rings is 1. The highest BCUT2D eigenvalue weighted by Crippen LogP contribution is 2.32. The predicted octanol–water partition coefficient (Wildman–Crippen LogP) is 2.41. The first-order valence-corrected chi connectivity index (χ1v) is 6.84. The highest BCUT2D eigenvalue weighted by Gasteiger charge is 2.27. The van der Waals surface area contributed by atoms with Crippen LogP contribution >= 0.6 is 0 Å². The average molecular weight is 271 g/mol. The van der Waals surface area contributed by atoms with E-state index in [1.165, 1.54) is 6.39 Å². The number of aryl methyl sites for hydroxylation is 1. The third-order valence-electron chi connectivity index (χ3n) is 3.70. The Morgan fingerprint density at radius 2 is 2.35 bits per heavy atom. The van der Waals surface area contributed by atoms with Crippen LogP contribution in [-0.2, 0) is 12.8 Å². The van der Waals surface area contributed by atoms with Crippen molar-refractivity contribution >= 4 is 17.3 Å². The maximum Gasteiger partial charge on any atom is 0.280 e. The van der Waals surface area contributed by atoms with Crippen molar-refractivity contribution in [3.8, 4) is 0 Å². The fraction of sp³-hybridized carbons (Fsp3) is 0.333. The number of nitrogens with two attached hydrogens (primary N) is 1. The number of nitrogen functional groups attached to an aromatic ring is 1. The van der Waals surface area contributed by atoms with Crippen molar-refractivity contribution in [1.29, 1.82) is 0 Å². The van der Waals surface area contributed by atoms with E-state index >= 15 is 0 Å². The number of hydrogen-bond donors (Lipinski definition) is 1. The number of aromatic nitrogens is 1. The van der Waals surface area contributed by atoms with Crippen molar-refractivity contribution in [3.05, 3.63) is 41.6 Å². The van der Waals surface area contributed by atoms with E-state index in [4.69, 9.17) is 10.2 Å². The Morgan fingerprint density at radius 3 is 3.15 bits per heavy atom. The van der Waals surface area contributed by atoms with E-state index in [0.717, 1.165) is 29.8 Å². The molecule has 0 spiro atoms. The fourth-order valence-electron chi connectivity index (χ4n) is 2.69. The molecule has 20 heavy (non-hydrogen) atoms. The number of benzene rings is 1. The molecule has 0 aliphatic carbocycles. The lowest BCUT2D eigenvalue weighted by molar-refractivity contribution is 0.0979. The molecule has 5 heteroatoms. The number of carbonyl (C=O) groups excluding carboxylic acids is 1. The minimum atomic E-state index is -0.109. The first-order valence-electron chi connectivity index (χ1n) is 6.84. The van der Waals surface area contributed by atoms with Gasteiger partial charge in [-0.1, -0.05) is 13.0 Å². The lowest BCUT2D eigenvalue weighted by Crippen LogP contribution is -2.36. The monoisotopic (exact) mass is 271 g/mol. The molecular formula is C15H17N3O2. The maximum absolute atomic E-state index is 12.7. The summed E-state index contributed by atoms with van der Waals surface area (Å²) in [5.41, 5.74) is 9.10. The predicted molar refractivity (Wildman–Crippen MR) is 76.7 cm³/mol. The van der Waals surface area contributed by atoms with Crippen LogP contribution in [0, 0.1) is 0 Å². The molecule has 1 aromatic carbocycles. The number of carbonyl (C=O) groups is 1. The van der Waals surface area contributed by atoms with Gasteiger partial charge in [-0.05, 0) is 30.5 Å². The smallest absolute Gasteiger partial charge is 0.280 e. The Bertz CT molecular complexity index is 648. The fourth-order valence-corrected chi connectivity index (χ4v) is 2.69. The number of rotatable bonds is 2. The minimum absolute atomic E-state index is 0.109. The molecule has 0 bridgehead atoms. The van der Waals surface area contributed by atoms with Crippen molar-refractivity contribution in [3.63, 3.8) is 0 Å². The molecule has 1 aliphatic rings. The number of amides is 1. The van der Waals surface area contributed by atoms with Crippen molar-refractivity contribution in [1.82, 2.24) is 4.98 Å². The SMILES string of the molecule is CCc1ocnc1C(=O)N1CCCc2c(N)cccc21. The molecule has 0 saturated heterocycles. The minimum Gasteiger partial charge on any atom is -0.448 e. The van der Waals surface area contributed by atoms with Gasteiger partial charge < -0.3 is 15.1 Å². The van der Waals surface area contributed by atoms with Crippen molar-refractivity contribution in [2.75, 3.05) is 17.2 Å². The van der Waals surface area contributed by atoms with Gasteiger partial charge in [0.1, 0.15) is 5.76 Å². The zero-order chi connectivity index (χ0) is 14.1. The molecule has 0 saturated carbocycles. The van der Waals surface area contributed by atoms with E-state index in [-0.39, 0.29) is 5.91 Å². The van der Waals surface area contributed by atoms with E-state index in [1.54, 1.807) is 4.90 Å². The normalized spacial score (nSPS) is 14.2. The summed E-state index contributed by atoms with van der Waals surface area (Å²) in [7, 11) is 0. The van der Waals surface area contributed by atoms with Gasteiger partial charge in [-0.3, -0.25) is 4.79 Å². The molecule has 5 nitrogen and oxygen atoms in total. The van der Waals surface area contributed by atoms with Crippen LogP contribution < -0.4 is 10.6 Å². The van der Waals surface area contributed by atoms with Crippen LogP contribution in [0.5, 0.6) is 0 Å². The van der Waals surface area contributed by atoms with E-state index < -0.39 is 0 Å². The highest BCUT2D eigenvalue weighted by atomic mass is 16.3. The molecule has 1 amide bonds. The van der Waals surface area contributed by atoms with Gasteiger partial charge in [0.2, 0.25) is 0 Å². The third-order valence-corrected chi connectivity index (χ3v) is 3.70. The standard InChI is InChI=1S/C15H17N3O2/c1-2-13-14(17-9-20-13)15(19)18-8-4-5-10-11(16)6-3-7-12(10)18/h3,6-7,9H,2,4-5,8,16H2,1H3. The molecule has 2 heterocycles. The van der Waals surface area contributed by atoms with Crippen molar-refractivity contribution in [2.45, 2.75) is 26.2 Å². The third kappa shape index (κ3) is 1.95. The summed E-state index contributed by atoms with van der Waals surface area (Å²) in [6.07, 6.45) is 3.80. The average Bonchev–Trinajstić information content (AvgIpc) is 2.95. The summed E-state index contributed by atoms with van der Waals surface area (Å²) < 4.78 is 5.25. The number of anilines is 2. The first kappa shape index (κ1) is 12.7. The van der Waals surface area contributed by atoms with Crippen LogP contribution in [-0.4, -0.2) is 17.4 Å². The Labute approximate surface area is 117 Å². The Morgan fingerprint density at radius 1 is 1.50 bits per heavy atom. The van der Waals surface area contributed by atoms with Gasteiger partial charge in [0.05, 0.1) is 0 Å². The summed E-state index contributed by atoms with van der Waals surface area (Å²) in [6.45, 7) is 2.63. The largest absolute Gasteiger partial charge is 0.448 e. The van der Waals surface area contributed by atoms with Crippen LogP contribution in [0.3, 0.4) is 0 Å². The second kappa shape index (κ2) is 5.00. The quantitative estimate of drug-likeness (QED) is 0.851. The lowest BCUT2D eigenvalue weighted by Gasteiger charge is -2.29. The lowest BCUT2D eigenvalue weighted by atomic mass is 9.99. The summed E-state index contributed by atoms with van der Waals surface area (Å²) in [6, 6.07) is 5.69. The first-order chi connectivity index (χ1) is 9.72. The zero-order valence-electron chi connectivity index (χ0n) is 11.4. The van der Waals surface area contributed by atoms with Crippen LogP contribution in [0.15, 0.2) is 29.0 Å². The Balaban J connectivity index is 2.01. The maximum atomic E-state index is 12.7. The molecular weight excluding hydrogens is 254 g/mol. The summed E-state index contributed by atoms with van der Waals surface area (Å²) >= 11 is 0. The highest BCUT2D eigenvalue weighted by molar-refractivity contribution is 6.06. The Hall–Kier alpha value is -2.30. The van der Waals surface area contributed by atoms with Gasteiger partial charge in [0.15, 0.2) is 12.1 Å². The number of nitrogens with zero attached hydrogens (tertiary/aromatic N) is 2. The zero-order valence-corrected chi connectivity index (χ0v) is 11.4. The van der Waals surface area contributed by atoms with Crippen LogP contribution in [0.1, 0.15) is 35.2 Å². The van der Waals surface area contributed by atoms with Gasteiger partial charge in [0, 0.05) is 24.3 Å². The second-order valence-electron chi connectivity index (χ2n) is 4.88. The number of hydrogen-bond acceptors (Lipinski definition) is 4. The van der Waals surface area contributed by atoms with Crippen molar-refractivity contribution in [2.24, 2.45) is 0 Å². The van der Waals surface area contributed by atoms with E-state index in [9.17, 15) is 4.79 Å². The molecule has 2 N–H and O–H groups in total. The number of fused-ring (bicyclic) bond motifs is 1. The van der Waals surface area contributed by atoms with E-state index in [0.29, 0.717) is 24.4 Å². The second-order valence-corrected chi connectivity index (χ2v) is 4.88. The van der Waals surface area contributed by atoms with Gasteiger partial charge in [-0.15, -0.1) is 0 Å². The van der Waals surface area contributed by atoms with Crippen LogP contribution in [0.4, 0.5) is 11.4 Å². The van der Waals surface area contributed by atoms with Crippen LogP contribution in [0.25, 0.3) is 0 Å². The van der Waals surface area contributed by atoms with Gasteiger partial charge in [-0.2, -0.15) is 0 Å². The summed E-state index contributed by atoms with van der Waals surface area (Å²) in [5.74, 6) is 0.521.